The van der Waals surface area contributed by atoms with Crippen molar-refractivity contribution < 1.29 is 4.79 Å². The van der Waals surface area contributed by atoms with Gasteiger partial charge in [-0.3, -0.25) is 4.79 Å². The average molecular weight is 306 g/mol. The van der Waals surface area contributed by atoms with Gasteiger partial charge < -0.3 is 26.7 Å². The van der Waals surface area contributed by atoms with E-state index in [1.165, 1.54) is 11.8 Å². The molecule has 0 saturated carbocycles. The van der Waals surface area contributed by atoms with Crippen molar-refractivity contribution in [2.24, 2.45) is 10.7 Å². The molecule has 3 heterocycles. The maximum absolute atomic E-state index is 12.3. The van der Waals surface area contributed by atoms with E-state index in [1.807, 2.05) is 13.0 Å². The molecule has 1 aromatic rings. The van der Waals surface area contributed by atoms with Crippen molar-refractivity contribution in [3.8, 4) is 0 Å². The minimum atomic E-state index is -0.266. The predicted octanol–water partition coefficient (Wildman–Crippen LogP) is 0.154. The molecular formula is C13H18N6OS. The van der Waals surface area contributed by atoms with Crippen molar-refractivity contribution in [2.45, 2.75) is 19.1 Å². The van der Waals surface area contributed by atoms with E-state index in [0.717, 1.165) is 23.7 Å². The number of amides is 1. The van der Waals surface area contributed by atoms with Crippen LogP contribution in [0.15, 0.2) is 28.4 Å². The summed E-state index contributed by atoms with van der Waals surface area (Å²) in [6.07, 6.45) is 3.28. The summed E-state index contributed by atoms with van der Waals surface area (Å²) in [5.74, 6) is 2.10. The second-order valence-electron chi connectivity index (χ2n) is 4.96. The molecule has 0 aromatic carbocycles. The number of H-pyrrole nitrogens is 1. The molecule has 0 radical (unpaired) electrons. The Kier molecular flexibility index (Phi) is 3.89. The monoisotopic (exact) mass is 306 g/mol. The summed E-state index contributed by atoms with van der Waals surface area (Å²) in [7, 11) is 0. The Bertz CT molecular complexity index is 606. The average Bonchev–Trinajstić information content (AvgIpc) is 2.96. The molecule has 7 nitrogen and oxygen atoms in total. The Labute approximate surface area is 126 Å². The maximum Gasteiger partial charge on any atom is 0.264 e. The number of hydrogen-bond donors (Lipinski definition) is 5. The number of carbonyl (C=O) groups excluding carboxylic acids is 1. The van der Waals surface area contributed by atoms with Crippen molar-refractivity contribution in [3.63, 3.8) is 0 Å². The van der Waals surface area contributed by atoms with Gasteiger partial charge in [-0.1, -0.05) is 0 Å². The fourth-order valence-electron chi connectivity index (χ4n) is 2.15. The van der Waals surface area contributed by atoms with Crippen LogP contribution in [-0.4, -0.2) is 41.2 Å². The van der Waals surface area contributed by atoms with Crippen molar-refractivity contribution in [2.75, 3.05) is 17.6 Å². The quantitative estimate of drug-likeness (QED) is 0.535. The van der Waals surface area contributed by atoms with Gasteiger partial charge in [0.05, 0.1) is 10.5 Å². The van der Waals surface area contributed by atoms with Gasteiger partial charge in [0.1, 0.15) is 17.8 Å². The minimum Gasteiger partial charge on any atom is -0.389 e. The number of aromatic amines is 1. The number of nitrogens with zero attached hydrogens (tertiary/aromatic N) is 1. The number of nitrogens with one attached hydrogen (secondary N) is 4. The molecule has 2 aliphatic heterocycles. The van der Waals surface area contributed by atoms with Crippen LogP contribution in [0.2, 0.25) is 0 Å². The van der Waals surface area contributed by atoms with Crippen LogP contribution in [0, 0.1) is 0 Å². The zero-order valence-electron chi connectivity index (χ0n) is 11.6. The predicted molar refractivity (Wildman–Crippen MR) is 85.1 cm³/mol. The highest BCUT2D eigenvalue weighted by Gasteiger charge is 2.25. The Morgan fingerprint density at radius 1 is 1.62 bits per heavy atom. The number of aliphatic imine (C=N–C) groups is 1. The number of anilines is 1. The van der Waals surface area contributed by atoms with Gasteiger partial charge in [-0.2, -0.15) is 0 Å². The van der Waals surface area contributed by atoms with Gasteiger partial charge in [0.2, 0.25) is 0 Å². The second-order valence-corrected chi connectivity index (χ2v) is 6.09. The molecule has 21 heavy (non-hydrogen) atoms. The molecular weight excluding hydrogens is 288 g/mol. The lowest BCUT2D eigenvalue weighted by Crippen LogP contribution is -2.44. The minimum absolute atomic E-state index is 0.150. The Balaban J connectivity index is 1.82. The third-order valence-electron chi connectivity index (χ3n) is 3.25. The van der Waals surface area contributed by atoms with Gasteiger partial charge in [0, 0.05) is 30.7 Å². The first-order chi connectivity index (χ1) is 10.1. The summed E-state index contributed by atoms with van der Waals surface area (Å²) in [5.41, 5.74) is 6.75. The van der Waals surface area contributed by atoms with E-state index in [4.69, 9.17) is 5.73 Å². The lowest BCUT2D eigenvalue weighted by Gasteiger charge is -2.26. The molecule has 0 spiro atoms. The highest BCUT2D eigenvalue weighted by molar-refractivity contribution is 8.04. The number of hydrogen-bond acceptors (Lipinski definition) is 6. The zero-order valence-corrected chi connectivity index (χ0v) is 12.5. The third kappa shape index (κ3) is 2.91. The summed E-state index contributed by atoms with van der Waals surface area (Å²) < 4.78 is 0. The van der Waals surface area contributed by atoms with Crippen molar-refractivity contribution in [1.29, 1.82) is 0 Å². The first kappa shape index (κ1) is 14.0. The van der Waals surface area contributed by atoms with Crippen LogP contribution in [0.4, 0.5) is 5.82 Å². The molecule has 0 fully saturated rings. The van der Waals surface area contributed by atoms with E-state index >= 15 is 0 Å². The summed E-state index contributed by atoms with van der Waals surface area (Å²) >= 11 is 1.53. The van der Waals surface area contributed by atoms with Crippen molar-refractivity contribution in [1.82, 2.24) is 15.6 Å². The van der Waals surface area contributed by atoms with Crippen molar-refractivity contribution in [3.05, 3.63) is 28.9 Å². The lowest BCUT2D eigenvalue weighted by molar-refractivity contribution is -0.115. The summed E-state index contributed by atoms with van der Waals surface area (Å²) in [6.45, 7) is 2.75. The van der Waals surface area contributed by atoms with E-state index in [0.29, 0.717) is 10.7 Å². The molecule has 2 atom stereocenters. The molecule has 0 unspecified atom stereocenters. The fourth-order valence-corrected chi connectivity index (χ4v) is 2.94. The first-order valence-corrected chi connectivity index (χ1v) is 7.79. The van der Waals surface area contributed by atoms with Gasteiger partial charge in [-0.25, -0.2) is 4.99 Å². The SMILES string of the molecule is C[C@H](N)[C@H]1N=C(NC(=O)C2=CNCCS2)c2cc[nH]c2N1. The van der Waals surface area contributed by atoms with Gasteiger partial charge in [-0.15, -0.1) is 11.8 Å². The molecule has 0 aliphatic carbocycles. The summed E-state index contributed by atoms with van der Waals surface area (Å²) in [4.78, 5) is 20.6. The van der Waals surface area contributed by atoms with Crippen LogP contribution < -0.4 is 21.7 Å². The van der Waals surface area contributed by atoms with Crippen LogP contribution in [-0.2, 0) is 4.79 Å². The number of thioether (sulfide) groups is 1. The zero-order chi connectivity index (χ0) is 14.8. The molecule has 2 aliphatic rings. The lowest BCUT2D eigenvalue weighted by atomic mass is 10.2. The molecule has 6 N–H and O–H groups in total. The number of rotatable bonds is 2. The smallest absolute Gasteiger partial charge is 0.264 e. The summed E-state index contributed by atoms with van der Waals surface area (Å²) in [6, 6.07) is 1.71. The summed E-state index contributed by atoms with van der Waals surface area (Å²) in [5, 5.41) is 9.16. The molecule has 112 valence electrons. The largest absolute Gasteiger partial charge is 0.389 e. The van der Waals surface area contributed by atoms with Crippen molar-refractivity contribution >= 4 is 29.3 Å². The third-order valence-corrected chi connectivity index (χ3v) is 4.28. The van der Waals surface area contributed by atoms with Gasteiger partial charge in [0.15, 0.2) is 0 Å². The van der Waals surface area contributed by atoms with E-state index in [9.17, 15) is 4.79 Å². The standard InChI is InChI=1S/C13H18N6OS/c1-7(14)10-17-11-8(2-3-16-11)12(18-10)19-13(20)9-6-15-4-5-21-9/h2-3,6-7,10,15-17H,4-5,14H2,1H3,(H,18,19,20)/t7-,10+/m0/s1. The molecule has 8 heteroatoms. The topological polar surface area (TPSA) is 107 Å². The number of carbonyl (C=O) groups is 1. The van der Waals surface area contributed by atoms with Gasteiger partial charge in [0.25, 0.3) is 5.91 Å². The van der Waals surface area contributed by atoms with Crippen LogP contribution in [0.5, 0.6) is 0 Å². The van der Waals surface area contributed by atoms with Crippen LogP contribution >= 0.6 is 11.8 Å². The maximum atomic E-state index is 12.3. The Hall–Kier alpha value is -1.93. The van der Waals surface area contributed by atoms with Crippen LogP contribution in [0.25, 0.3) is 0 Å². The molecule has 0 bridgehead atoms. The Morgan fingerprint density at radius 2 is 2.48 bits per heavy atom. The molecule has 3 rings (SSSR count). The normalized spacial score (nSPS) is 22.1. The fraction of sp³-hybridized carbons (Fsp3) is 0.385. The van der Waals surface area contributed by atoms with E-state index in [2.05, 4.69) is 25.9 Å². The molecule has 0 saturated heterocycles. The number of amidine groups is 1. The first-order valence-electron chi connectivity index (χ1n) is 6.80. The second kappa shape index (κ2) is 5.82. The van der Waals surface area contributed by atoms with Gasteiger partial charge >= 0.3 is 0 Å². The Morgan fingerprint density at radius 3 is 3.19 bits per heavy atom. The molecule has 1 amide bonds. The number of nitrogens with two attached hydrogens (primary N) is 1. The highest BCUT2D eigenvalue weighted by Crippen LogP contribution is 2.22. The van der Waals surface area contributed by atoms with Crippen LogP contribution in [0.3, 0.4) is 0 Å². The van der Waals surface area contributed by atoms with E-state index in [-0.39, 0.29) is 18.1 Å². The van der Waals surface area contributed by atoms with E-state index in [1.54, 1.807) is 12.4 Å². The van der Waals surface area contributed by atoms with Crippen LogP contribution in [0.1, 0.15) is 12.5 Å². The van der Waals surface area contributed by atoms with Gasteiger partial charge in [-0.05, 0) is 13.0 Å². The molecule has 1 aromatic heterocycles. The number of fused-ring (bicyclic) bond motifs is 1. The highest BCUT2D eigenvalue weighted by atomic mass is 32.2. The van der Waals surface area contributed by atoms with E-state index < -0.39 is 0 Å². The number of aromatic nitrogens is 1.